The molecular formula is C11H12O3. The van der Waals surface area contributed by atoms with Gasteiger partial charge in [-0.25, -0.2) is 0 Å². The molecule has 1 aromatic rings. The van der Waals surface area contributed by atoms with Gasteiger partial charge < -0.3 is 9.84 Å². The molecule has 1 saturated carbocycles. The Balaban J connectivity index is 2.15. The normalized spacial score (nSPS) is 24.4. The van der Waals surface area contributed by atoms with Gasteiger partial charge in [-0.15, -0.1) is 0 Å². The minimum absolute atomic E-state index is 0.183. The van der Waals surface area contributed by atoms with Crippen LogP contribution < -0.4 is 4.74 Å². The van der Waals surface area contributed by atoms with Crippen LogP contribution in [0.25, 0.3) is 0 Å². The number of methoxy groups -OCH3 is 1. The number of hydrogen-bond donors (Lipinski definition) is 1. The van der Waals surface area contributed by atoms with E-state index in [1.54, 1.807) is 7.11 Å². The number of aliphatic carboxylic acids is 1. The molecular weight excluding hydrogens is 180 g/mol. The Bertz CT molecular complexity index is 359. The second-order valence-electron chi connectivity index (χ2n) is 3.56. The maximum absolute atomic E-state index is 10.7. The fourth-order valence-corrected chi connectivity index (χ4v) is 1.71. The summed E-state index contributed by atoms with van der Waals surface area (Å²) in [6.45, 7) is 0. The van der Waals surface area contributed by atoms with Gasteiger partial charge >= 0.3 is 5.97 Å². The van der Waals surface area contributed by atoms with Crippen LogP contribution >= 0.6 is 0 Å². The fourth-order valence-electron chi connectivity index (χ4n) is 1.71. The lowest BCUT2D eigenvalue weighted by Gasteiger charge is -2.02. The summed E-state index contributed by atoms with van der Waals surface area (Å²) in [4.78, 5) is 10.7. The van der Waals surface area contributed by atoms with Gasteiger partial charge in [0.2, 0.25) is 0 Å². The standard InChI is InChI=1S/C11H12O3/c1-14-8-4-2-3-7(5-8)9-6-10(9)11(12)13/h2-5,9-10H,6H2,1H3,(H,12,13)/t9?,10-/m0/s1. The van der Waals surface area contributed by atoms with E-state index in [4.69, 9.17) is 9.84 Å². The Kier molecular flexibility index (Phi) is 2.15. The molecule has 2 rings (SSSR count). The number of benzene rings is 1. The predicted octanol–water partition coefficient (Wildman–Crippen LogP) is 1.88. The van der Waals surface area contributed by atoms with Gasteiger partial charge in [-0.2, -0.15) is 0 Å². The summed E-state index contributed by atoms with van der Waals surface area (Å²) in [5.74, 6) is 0.0843. The van der Waals surface area contributed by atoms with Gasteiger partial charge in [-0.1, -0.05) is 12.1 Å². The molecule has 1 fully saturated rings. The molecule has 0 bridgehead atoms. The molecule has 1 unspecified atom stereocenters. The van der Waals surface area contributed by atoms with Gasteiger partial charge in [-0.05, 0) is 30.0 Å². The van der Waals surface area contributed by atoms with Crippen molar-refractivity contribution < 1.29 is 14.6 Å². The van der Waals surface area contributed by atoms with Crippen LogP contribution in [0.2, 0.25) is 0 Å². The fraction of sp³-hybridized carbons (Fsp3) is 0.364. The molecule has 1 N–H and O–H groups in total. The highest BCUT2D eigenvalue weighted by atomic mass is 16.5. The van der Waals surface area contributed by atoms with Crippen LogP contribution in [0.1, 0.15) is 17.9 Å². The predicted molar refractivity (Wildman–Crippen MR) is 51.5 cm³/mol. The minimum atomic E-state index is -0.696. The van der Waals surface area contributed by atoms with Crippen molar-refractivity contribution in [3.05, 3.63) is 29.8 Å². The molecule has 0 saturated heterocycles. The molecule has 0 radical (unpaired) electrons. The van der Waals surface area contributed by atoms with E-state index in [1.807, 2.05) is 24.3 Å². The highest BCUT2D eigenvalue weighted by Crippen LogP contribution is 2.48. The maximum Gasteiger partial charge on any atom is 0.307 e. The molecule has 0 heterocycles. The first-order valence-corrected chi connectivity index (χ1v) is 4.59. The van der Waals surface area contributed by atoms with Gasteiger partial charge in [0.1, 0.15) is 5.75 Å². The second-order valence-corrected chi connectivity index (χ2v) is 3.56. The Labute approximate surface area is 82.3 Å². The summed E-state index contributed by atoms with van der Waals surface area (Å²) in [7, 11) is 1.61. The van der Waals surface area contributed by atoms with Crippen molar-refractivity contribution in [2.24, 2.45) is 5.92 Å². The van der Waals surface area contributed by atoms with Gasteiger partial charge in [0.15, 0.2) is 0 Å². The van der Waals surface area contributed by atoms with E-state index >= 15 is 0 Å². The van der Waals surface area contributed by atoms with E-state index in [1.165, 1.54) is 0 Å². The number of hydrogen-bond acceptors (Lipinski definition) is 2. The summed E-state index contributed by atoms with van der Waals surface area (Å²) in [6, 6.07) is 7.62. The molecule has 74 valence electrons. The van der Waals surface area contributed by atoms with Crippen molar-refractivity contribution in [2.75, 3.05) is 7.11 Å². The molecule has 3 nitrogen and oxygen atoms in total. The Morgan fingerprint density at radius 3 is 2.93 bits per heavy atom. The van der Waals surface area contributed by atoms with Gasteiger partial charge in [-0.3, -0.25) is 4.79 Å². The van der Waals surface area contributed by atoms with Crippen LogP contribution in [0.5, 0.6) is 5.75 Å². The summed E-state index contributed by atoms with van der Waals surface area (Å²) in [6.07, 6.45) is 0.752. The quantitative estimate of drug-likeness (QED) is 0.795. The summed E-state index contributed by atoms with van der Waals surface area (Å²) >= 11 is 0. The number of ether oxygens (including phenoxy) is 1. The van der Waals surface area contributed by atoms with Crippen molar-refractivity contribution in [3.8, 4) is 5.75 Å². The van der Waals surface area contributed by atoms with Crippen LogP contribution in [-0.4, -0.2) is 18.2 Å². The van der Waals surface area contributed by atoms with Crippen LogP contribution in [-0.2, 0) is 4.79 Å². The zero-order chi connectivity index (χ0) is 10.1. The summed E-state index contributed by atoms with van der Waals surface area (Å²) in [5.41, 5.74) is 1.07. The Hall–Kier alpha value is -1.51. The smallest absolute Gasteiger partial charge is 0.307 e. The first kappa shape index (κ1) is 9.06. The van der Waals surface area contributed by atoms with Crippen molar-refractivity contribution in [1.82, 2.24) is 0 Å². The van der Waals surface area contributed by atoms with Crippen molar-refractivity contribution in [3.63, 3.8) is 0 Å². The molecule has 0 amide bonds. The topological polar surface area (TPSA) is 46.5 Å². The third kappa shape index (κ3) is 1.58. The first-order valence-electron chi connectivity index (χ1n) is 4.59. The van der Waals surface area contributed by atoms with Crippen molar-refractivity contribution in [2.45, 2.75) is 12.3 Å². The number of rotatable bonds is 3. The van der Waals surface area contributed by atoms with E-state index in [0.717, 1.165) is 17.7 Å². The molecule has 1 aliphatic rings. The number of carboxylic acids is 1. The molecule has 0 spiro atoms. The zero-order valence-electron chi connectivity index (χ0n) is 7.93. The average Bonchev–Trinajstić information content (AvgIpc) is 2.97. The Morgan fingerprint density at radius 2 is 2.36 bits per heavy atom. The van der Waals surface area contributed by atoms with Crippen molar-refractivity contribution >= 4 is 5.97 Å². The lowest BCUT2D eigenvalue weighted by atomic mass is 10.1. The molecule has 2 atom stereocenters. The SMILES string of the molecule is COc1cccc(C2C[C@@H]2C(=O)O)c1. The van der Waals surface area contributed by atoms with E-state index in [9.17, 15) is 4.79 Å². The van der Waals surface area contributed by atoms with Crippen LogP contribution in [0.3, 0.4) is 0 Å². The molecule has 1 aromatic carbocycles. The monoisotopic (exact) mass is 192 g/mol. The minimum Gasteiger partial charge on any atom is -0.497 e. The number of carboxylic acid groups (broad SMARTS) is 1. The molecule has 0 aromatic heterocycles. The zero-order valence-corrected chi connectivity index (χ0v) is 7.93. The summed E-state index contributed by atoms with van der Waals surface area (Å²) in [5, 5.41) is 8.78. The Morgan fingerprint density at radius 1 is 1.57 bits per heavy atom. The third-order valence-electron chi connectivity index (χ3n) is 2.63. The largest absolute Gasteiger partial charge is 0.497 e. The highest BCUT2D eigenvalue weighted by molar-refractivity contribution is 5.75. The van der Waals surface area contributed by atoms with E-state index in [2.05, 4.69) is 0 Å². The van der Waals surface area contributed by atoms with Gasteiger partial charge in [0.25, 0.3) is 0 Å². The molecule has 14 heavy (non-hydrogen) atoms. The van der Waals surface area contributed by atoms with E-state index in [0.29, 0.717) is 0 Å². The lowest BCUT2D eigenvalue weighted by Crippen LogP contribution is -1.98. The number of carbonyl (C=O) groups is 1. The summed E-state index contributed by atoms with van der Waals surface area (Å²) < 4.78 is 5.08. The first-order chi connectivity index (χ1) is 6.72. The molecule has 1 aliphatic carbocycles. The van der Waals surface area contributed by atoms with E-state index < -0.39 is 5.97 Å². The second kappa shape index (κ2) is 3.33. The van der Waals surface area contributed by atoms with Crippen LogP contribution in [0.15, 0.2) is 24.3 Å². The van der Waals surface area contributed by atoms with Crippen LogP contribution in [0, 0.1) is 5.92 Å². The van der Waals surface area contributed by atoms with Crippen molar-refractivity contribution in [1.29, 1.82) is 0 Å². The van der Waals surface area contributed by atoms with Crippen LogP contribution in [0.4, 0.5) is 0 Å². The highest BCUT2D eigenvalue weighted by Gasteiger charge is 2.44. The van der Waals surface area contributed by atoms with E-state index in [-0.39, 0.29) is 11.8 Å². The average molecular weight is 192 g/mol. The van der Waals surface area contributed by atoms with Gasteiger partial charge in [0, 0.05) is 0 Å². The third-order valence-corrected chi connectivity index (χ3v) is 2.63. The molecule has 0 aliphatic heterocycles. The lowest BCUT2D eigenvalue weighted by molar-refractivity contribution is -0.138. The molecule has 3 heteroatoms. The maximum atomic E-state index is 10.7. The van der Waals surface area contributed by atoms with Gasteiger partial charge in [0.05, 0.1) is 13.0 Å².